The molecule has 0 aromatic heterocycles. The summed E-state index contributed by atoms with van der Waals surface area (Å²) in [5.74, 6) is 2.16. The molecule has 5 heteroatoms. The van der Waals surface area contributed by atoms with Gasteiger partial charge < -0.3 is 19.9 Å². The molecule has 1 aromatic carbocycles. The first kappa shape index (κ1) is 9.61. The molecular formula is C9H10BrNO3. The van der Waals surface area contributed by atoms with Crippen molar-refractivity contribution in [2.75, 3.05) is 19.9 Å². The van der Waals surface area contributed by atoms with Gasteiger partial charge in [-0.05, 0) is 15.9 Å². The van der Waals surface area contributed by atoms with Crippen molar-refractivity contribution < 1.29 is 14.2 Å². The Labute approximate surface area is 90.1 Å². The van der Waals surface area contributed by atoms with Crippen LogP contribution in [0.4, 0.5) is 0 Å². The zero-order chi connectivity index (χ0) is 9.97. The predicted octanol–water partition coefficient (Wildman–Crippen LogP) is 1.52. The highest BCUT2D eigenvalue weighted by atomic mass is 79.9. The van der Waals surface area contributed by atoms with Gasteiger partial charge in [-0.25, -0.2) is 0 Å². The van der Waals surface area contributed by atoms with Gasteiger partial charge in [0.25, 0.3) is 0 Å². The molecule has 0 saturated carbocycles. The Morgan fingerprint density at radius 3 is 2.79 bits per heavy atom. The number of hydrogen-bond acceptors (Lipinski definition) is 4. The topological polar surface area (TPSA) is 53.7 Å². The highest BCUT2D eigenvalue weighted by Crippen LogP contribution is 2.40. The molecule has 1 heterocycles. The van der Waals surface area contributed by atoms with Crippen LogP contribution in [0.3, 0.4) is 0 Å². The van der Waals surface area contributed by atoms with E-state index in [1.165, 1.54) is 0 Å². The van der Waals surface area contributed by atoms with Crippen LogP contribution in [0.5, 0.6) is 17.2 Å². The first-order chi connectivity index (χ1) is 6.81. The zero-order valence-electron chi connectivity index (χ0n) is 7.46. The molecule has 0 saturated heterocycles. The Balaban J connectivity index is 2.23. The third kappa shape index (κ3) is 1.78. The highest BCUT2D eigenvalue weighted by molar-refractivity contribution is 9.10. The molecule has 4 nitrogen and oxygen atoms in total. The number of hydrogen-bond donors (Lipinski definition) is 1. The standard InChI is InChI=1S/C9H10BrNO3/c10-6-3-8-9(14-5-13-8)4-7(6)12-2-1-11/h3-4H,1-2,5,11H2. The summed E-state index contributed by atoms with van der Waals surface area (Å²) in [5.41, 5.74) is 5.34. The summed E-state index contributed by atoms with van der Waals surface area (Å²) in [5, 5.41) is 0. The molecule has 0 unspecified atom stereocenters. The summed E-state index contributed by atoms with van der Waals surface area (Å²) in [6.45, 7) is 1.24. The Morgan fingerprint density at radius 1 is 1.36 bits per heavy atom. The van der Waals surface area contributed by atoms with Gasteiger partial charge in [0.05, 0.1) is 4.47 Å². The summed E-state index contributed by atoms with van der Waals surface area (Å²) in [6, 6.07) is 3.62. The van der Waals surface area contributed by atoms with Gasteiger partial charge in [-0.2, -0.15) is 0 Å². The minimum atomic E-state index is 0.266. The van der Waals surface area contributed by atoms with E-state index in [1.807, 2.05) is 6.07 Å². The van der Waals surface area contributed by atoms with Crippen LogP contribution < -0.4 is 19.9 Å². The van der Waals surface area contributed by atoms with E-state index in [2.05, 4.69) is 15.9 Å². The van der Waals surface area contributed by atoms with Crippen LogP contribution in [0, 0.1) is 0 Å². The molecule has 0 amide bonds. The fourth-order valence-electron chi connectivity index (χ4n) is 1.18. The number of halogens is 1. The largest absolute Gasteiger partial charge is 0.491 e. The summed E-state index contributed by atoms with van der Waals surface area (Å²) < 4.78 is 16.7. The molecule has 0 spiro atoms. The molecule has 1 aliphatic heterocycles. The van der Waals surface area contributed by atoms with Crippen LogP contribution in [0.1, 0.15) is 0 Å². The van der Waals surface area contributed by atoms with Gasteiger partial charge in [0.1, 0.15) is 12.4 Å². The van der Waals surface area contributed by atoms with Gasteiger partial charge in [-0.1, -0.05) is 0 Å². The van der Waals surface area contributed by atoms with E-state index in [9.17, 15) is 0 Å². The van der Waals surface area contributed by atoms with Crippen LogP contribution in [-0.2, 0) is 0 Å². The molecule has 0 bridgehead atoms. The lowest BCUT2D eigenvalue weighted by atomic mass is 10.3. The number of fused-ring (bicyclic) bond motifs is 1. The summed E-state index contributed by atoms with van der Waals surface area (Å²) >= 11 is 3.38. The molecule has 2 rings (SSSR count). The maximum absolute atomic E-state index is 5.40. The molecule has 0 radical (unpaired) electrons. The van der Waals surface area contributed by atoms with E-state index >= 15 is 0 Å². The average Bonchev–Trinajstić information content (AvgIpc) is 2.61. The van der Waals surface area contributed by atoms with Gasteiger partial charge in [0, 0.05) is 18.7 Å². The lowest BCUT2D eigenvalue weighted by molar-refractivity contribution is 0.173. The smallest absolute Gasteiger partial charge is 0.231 e. The van der Waals surface area contributed by atoms with Crippen molar-refractivity contribution in [2.24, 2.45) is 5.73 Å². The second-order valence-corrected chi connectivity index (χ2v) is 3.63. The van der Waals surface area contributed by atoms with Gasteiger partial charge in [0.15, 0.2) is 11.5 Å². The predicted molar refractivity (Wildman–Crippen MR) is 54.8 cm³/mol. The number of ether oxygens (including phenoxy) is 3. The fraction of sp³-hybridized carbons (Fsp3) is 0.333. The van der Waals surface area contributed by atoms with Crippen LogP contribution in [0.15, 0.2) is 16.6 Å². The van der Waals surface area contributed by atoms with Crippen molar-refractivity contribution in [2.45, 2.75) is 0 Å². The molecule has 76 valence electrons. The maximum atomic E-state index is 5.40. The minimum Gasteiger partial charge on any atom is -0.491 e. The van der Waals surface area contributed by atoms with E-state index in [0.717, 1.165) is 16.0 Å². The van der Waals surface area contributed by atoms with E-state index in [4.69, 9.17) is 19.9 Å². The molecule has 1 aromatic rings. The zero-order valence-corrected chi connectivity index (χ0v) is 9.04. The van der Waals surface area contributed by atoms with Crippen LogP contribution in [0.2, 0.25) is 0 Å². The first-order valence-electron chi connectivity index (χ1n) is 4.23. The van der Waals surface area contributed by atoms with Gasteiger partial charge >= 0.3 is 0 Å². The van der Waals surface area contributed by atoms with Crippen molar-refractivity contribution in [1.82, 2.24) is 0 Å². The minimum absolute atomic E-state index is 0.266. The highest BCUT2D eigenvalue weighted by Gasteiger charge is 2.16. The summed E-state index contributed by atoms with van der Waals surface area (Å²) in [6.07, 6.45) is 0. The number of rotatable bonds is 3. The average molecular weight is 260 g/mol. The Bertz CT molecular complexity index is 343. The second-order valence-electron chi connectivity index (χ2n) is 2.77. The van der Waals surface area contributed by atoms with Crippen LogP contribution in [-0.4, -0.2) is 19.9 Å². The fourth-order valence-corrected chi connectivity index (χ4v) is 1.61. The molecule has 2 N–H and O–H groups in total. The van der Waals surface area contributed by atoms with Gasteiger partial charge in [-0.15, -0.1) is 0 Å². The van der Waals surface area contributed by atoms with E-state index in [0.29, 0.717) is 18.9 Å². The SMILES string of the molecule is NCCOc1cc2c(cc1Br)OCO2. The van der Waals surface area contributed by atoms with Crippen molar-refractivity contribution in [3.05, 3.63) is 16.6 Å². The number of benzene rings is 1. The van der Waals surface area contributed by atoms with Gasteiger partial charge in [0.2, 0.25) is 6.79 Å². The molecule has 0 aliphatic carbocycles. The monoisotopic (exact) mass is 259 g/mol. The Hall–Kier alpha value is -0.940. The molecule has 0 atom stereocenters. The molecule has 1 aliphatic rings. The normalized spacial score (nSPS) is 13.0. The third-order valence-corrected chi connectivity index (χ3v) is 2.42. The summed E-state index contributed by atoms with van der Waals surface area (Å²) in [4.78, 5) is 0. The van der Waals surface area contributed by atoms with Crippen molar-refractivity contribution >= 4 is 15.9 Å². The maximum Gasteiger partial charge on any atom is 0.231 e. The van der Waals surface area contributed by atoms with Crippen LogP contribution >= 0.6 is 15.9 Å². The lowest BCUT2D eigenvalue weighted by Crippen LogP contribution is -2.10. The quantitative estimate of drug-likeness (QED) is 0.895. The lowest BCUT2D eigenvalue weighted by Gasteiger charge is -2.07. The van der Waals surface area contributed by atoms with Crippen molar-refractivity contribution in [3.8, 4) is 17.2 Å². The molecular weight excluding hydrogens is 250 g/mol. The third-order valence-electron chi connectivity index (χ3n) is 1.80. The van der Waals surface area contributed by atoms with E-state index in [-0.39, 0.29) is 6.79 Å². The Kier molecular flexibility index (Phi) is 2.79. The van der Waals surface area contributed by atoms with Crippen molar-refractivity contribution in [1.29, 1.82) is 0 Å². The first-order valence-corrected chi connectivity index (χ1v) is 5.02. The van der Waals surface area contributed by atoms with Crippen LogP contribution in [0.25, 0.3) is 0 Å². The Morgan fingerprint density at radius 2 is 2.07 bits per heavy atom. The van der Waals surface area contributed by atoms with Crippen molar-refractivity contribution in [3.63, 3.8) is 0 Å². The molecule has 14 heavy (non-hydrogen) atoms. The van der Waals surface area contributed by atoms with E-state index < -0.39 is 0 Å². The van der Waals surface area contributed by atoms with Gasteiger partial charge in [-0.3, -0.25) is 0 Å². The second kappa shape index (κ2) is 4.06. The number of nitrogens with two attached hydrogens (primary N) is 1. The van der Waals surface area contributed by atoms with E-state index in [1.54, 1.807) is 6.07 Å². The summed E-state index contributed by atoms with van der Waals surface area (Å²) in [7, 11) is 0. The molecule has 0 fully saturated rings.